The van der Waals surface area contributed by atoms with Gasteiger partial charge in [-0.1, -0.05) is 0 Å². The Labute approximate surface area is 125 Å². The van der Waals surface area contributed by atoms with E-state index in [0.29, 0.717) is 0 Å². The molecule has 22 heavy (non-hydrogen) atoms. The molecule has 0 bridgehead atoms. The number of aromatic nitrogens is 4. The van der Waals surface area contributed by atoms with Crippen molar-refractivity contribution in [3.05, 3.63) is 26.7 Å². The molecule has 0 aliphatic heterocycles. The molecule has 0 aliphatic carbocycles. The van der Waals surface area contributed by atoms with Crippen molar-refractivity contribution >= 4 is 17.1 Å². The van der Waals surface area contributed by atoms with Gasteiger partial charge in [-0.3, -0.25) is 18.7 Å². The van der Waals surface area contributed by atoms with Crippen LogP contribution in [0.3, 0.4) is 0 Å². The maximum Gasteiger partial charge on any atom is 0.332 e. The highest BCUT2D eigenvalue weighted by Crippen LogP contribution is 2.19. The summed E-state index contributed by atoms with van der Waals surface area (Å²) in [4.78, 5) is 40.1. The molecule has 2 aromatic heterocycles. The summed E-state index contributed by atoms with van der Waals surface area (Å²) in [5.41, 5.74) is -0.814. The minimum atomic E-state index is -1.27. The summed E-state index contributed by atoms with van der Waals surface area (Å²) in [6.07, 6.45) is 0. The van der Waals surface area contributed by atoms with E-state index in [-0.39, 0.29) is 23.6 Å². The van der Waals surface area contributed by atoms with Gasteiger partial charge in [0, 0.05) is 21.1 Å². The fourth-order valence-electron chi connectivity index (χ4n) is 2.23. The van der Waals surface area contributed by atoms with Crippen LogP contribution in [-0.4, -0.2) is 31.3 Å². The van der Waals surface area contributed by atoms with E-state index >= 15 is 0 Å². The Morgan fingerprint density at radius 1 is 1.27 bits per heavy atom. The lowest BCUT2D eigenvalue weighted by atomic mass is 10.1. The van der Waals surface area contributed by atoms with Gasteiger partial charge in [0.1, 0.15) is 5.82 Å². The number of carbonyl (C=O) groups excluding carboxylic acids is 1. The topological polar surface area (TPSA) is 112 Å². The quantitative estimate of drug-likeness (QED) is 0.682. The van der Waals surface area contributed by atoms with E-state index in [0.717, 1.165) is 4.57 Å². The predicted molar refractivity (Wildman–Crippen MR) is 76.2 cm³/mol. The van der Waals surface area contributed by atoms with Crippen molar-refractivity contribution in [2.24, 2.45) is 21.1 Å². The van der Waals surface area contributed by atoms with Crippen LogP contribution in [0.1, 0.15) is 18.7 Å². The highest BCUT2D eigenvalue weighted by atomic mass is 16.5. The maximum absolute atomic E-state index is 12.2. The maximum atomic E-state index is 12.2. The van der Waals surface area contributed by atoms with Crippen molar-refractivity contribution in [2.45, 2.75) is 12.8 Å². The second-order valence-electron chi connectivity index (χ2n) is 4.72. The molecule has 9 heteroatoms. The number of ether oxygens (including phenoxy) is 1. The van der Waals surface area contributed by atoms with Crippen LogP contribution < -0.4 is 11.2 Å². The SMILES string of the molecule is CCOC(=O)C(C#N)c1nc2c(c(=O)n(C)c(=O)n2C)n1C. The molecule has 0 radical (unpaired) electrons. The van der Waals surface area contributed by atoms with Crippen LogP contribution in [0.15, 0.2) is 9.59 Å². The Kier molecular flexibility index (Phi) is 3.86. The number of fused-ring (bicyclic) bond motifs is 1. The molecule has 9 nitrogen and oxygen atoms in total. The third kappa shape index (κ3) is 2.09. The Hall–Kier alpha value is -2.89. The molecule has 1 unspecified atom stereocenters. The van der Waals surface area contributed by atoms with Crippen molar-refractivity contribution < 1.29 is 9.53 Å². The van der Waals surface area contributed by atoms with E-state index in [1.54, 1.807) is 6.92 Å². The summed E-state index contributed by atoms with van der Waals surface area (Å²) in [5.74, 6) is -1.95. The first-order chi connectivity index (χ1) is 10.3. The first kappa shape index (κ1) is 15.5. The molecule has 1 atom stereocenters. The van der Waals surface area contributed by atoms with Gasteiger partial charge in [-0.15, -0.1) is 0 Å². The lowest BCUT2D eigenvalue weighted by Gasteiger charge is -2.08. The average Bonchev–Trinajstić information content (AvgIpc) is 2.82. The summed E-state index contributed by atoms with van der Waals surface area (Å²) in [5, 5.41) is 9.22. The lowest BCUT2D eigenvalue weighted by Crippen LogP contribution is -2.37. The Bertz CT molecular complexity index is 912. The Morgan fingerprint density at radius 2 is 1.91 bits per heavy atom. The molecule has 2 heterocycles. The fraction of sp³-hybridized carbons (Fsp3) is 0.462. The number of aryl methyl sites for hydroxylation is 2. The molecule has 116 valence electrons. The number of nitriles is 1. The second kappa shape index (κ2) is 5.48. The van der Waals surface area contributed by atoms with Crippen molar-refractivity contribution in [3.8, 4) is 6.07 Å². The van der Waals surface area contributed by atoms with Gasteiger partial charge < -0.3 is 9.30 Å². The summed E-state index contributed by atoms with van der Waals surface area (Å²) < 4.78 is 8.33. The zero-order valence-electron chi connectivity index (χ0n) is 12.7. The number of carbonyl (C=O) groups is 1. The van der Waals surface area contributed by atoms with Gasteiger partial charge in [-0.25, -0.2) is 9.78 Å². The van der Waals surface area contributed by atoms with Crippen LogP contribution in [0.5, 0.6) is 0 Å². The van der Waals surface area contributed by atoms with E-state index in [2.05, 4.69) is 4.98 Å². The third-order valence-electron chi connectivity index (χ3n) is 3.42. The molecule has 0 N–H and O–H groups in total. The lowest BCUT2D eigenvalue weighted by molar-refractivity contribution is -0.143. The summed E-state index contributed by atoms with van der Waals surface area (Å²) in [6, 6.07) is 1.82. The first-order valence-electron chi connectivity index (χ1n) is 6.53. The fourth-order valence-corrected chi connectivity index (χ4v) is 2.23. The van der Waals surface area contributed by atoms with Crippen LogP contribution in [0.25, 0.3) is 11.2 Å². The van der Waals surface area contributed by atoms with Crippen LogP contribution in [-0.2, 0) is 30.7 Å². The van der Waals surface area contributed by atoms with Crippen LogP contribution >= 0.6 is 0 Å². The van der Waals surface area contributed by atoms with E-state index in [9.17, 15) is 19.6 Å². The largest absolute Gasteiger partial charge is 0.465 e. The molecular formula is C13H15N5O4. The first-order valence-corrected chi connectivity index (χ1v) is 6.53. The molecule has 0 amide bonds. The van der Waals surface area contributed by atoms with Crippen molar-refractivity contribution in [1.82, 2.24) is 18.7 Å². The smallest absolute Gasteiger partial charge is 0.332 e. The number of esters is 1. The van der Waals surface area contributed by atoms with Gasteiger partial charge in [-0.05, 0) is 6.92 Å². The minimum absolute atomic E-state index is 0.0641. The second-order valence-corrected chi connectivity index (χ2v) is 4.72. The van der Waals surface area contributed by atoms with E-state index in [1.807, 2.05) is 6.07 Å². The summed E-state index contributed by atoms with van der Waals surface area (Å²) in [7, 11) is 4.33. The van der Waals surface area contributed by atoms with Crippen molar-refractivity contribution in [1.29, 1.82) is 5.26 Å². The molecule has 2 rings (SSSR count). The molecule has 0 spiro atoms. The number of rotatable bonds is 3. The number of hydrogen-bond donors (Lipinski definition) is 0. The number of nitrogens with zero attached hydrogens (tertiary/aromatic N) is 5. The third-order valence-corrected chi connectivity index (χ3v) is 3.42. The van der Waals surface area contributed by atoms with Gasteiger partial charge in [0.25, 0.3) is 5.56 Å². The molecule has 0 aliphatic rings. The Balaban J connectivity index is 2.81. The molecule has 2 aromatic rings. The number of hydrogen-bond acceptors (Lipinski definition) is 6. The van der Waals surface area contributed by atoms with Crippen LogP contribution in [0.2, 0.25) is 0 Å². The minimum Gasteiger partial charge on any atom is -0.465 e. The monoisotopic (exact) mass is 305 g/mol. The summed E-state index contributed by atoms with van der Waals surface area (Å²) >= 11 is 0. The highest BCUT2D eigenvalue weighted by molar-refractivity contribution is 5.82. The van der Waals surface area contributed by atoms with Gasteiger partial charge in [0.15, 0.2) is 11.2 Å². The molecule has 0 saturated carbocycles. The normalized spacial score (nSPS) is 12.1. The van der Waals surface area contributed by atoms with Gasteiger partial charge in [0.05, 0.1) is 12.7 Å². The van der Waals surface area contributed by atoms with E-state index in [4.69, 9.17) is 4.74 Å². The standard InChI is InChI=1S/C13H15N5O4/c1-5-22-12(20)7(6-14)9-15-10-8(16(9)2)11(19)18(4)13(21)17(10)3/h7H,5H2,1-4H3. The molecule has 0 saturated heterocycles. The average molecular weight is 305 g/mol. The van der Waals surface area contributed by atoms with E-state index in [1.165, 1.54) is 30.3 Å². The van der Waals surface area contributed by atoms with Crippen molar-refractivity contribution in [3.63, 3.8) is 0 Å². The van der Waals surface area contributed by atoms with Gasteiger partial charge >= 0.3 is 11.7 Å². The van der Waals surface area contributed by atoms with Crippen molar-refractivity contribution in [2.75, 3.05) is 6.61 Å². The number of imidazole rings is 1. The van der Waals surface area contributed by atoms with Gasteiger partial charge in [-0.2, -0.15) is 5.26 Å². The van der Waals surface area contributed by atoms with Gasteiger partial charge in [0.2, 0.25) is 5.92 Å². The Morgan fingerprint density at radius 3 is 2.45 bits per heavy atom. The molecular weight excluding hydrogens is 290 g/mol. The zero-order chi connectivity index (χ0) is 16.6. The van der Waals surface area contributed by atoms with Crippen LogP contribution in [0, 0.1) is 11.3 Å². The highest BCUT2D eigenvalue weighted by Gasteiger charge is 2.29. The predicted octanol–water partition coefficient (Wildman–Crippen LogP) is -0.859. The molecule has 0 fully saturated rings. The molecule has 0 aromatic carbocycles. The zero-order valence-corrected chi connectivity index (χ0v) is 12.7. The van der Waals surface area contributed by atoms with Crippen LogP contribution in [0.4, 0.5) is 0 Å². The van der Waals surface area contributed by atoms with E-state index < -0.39 is 23.1 Å². The summed E-state index contributed by atoms with van der Waals surface area (Å²) in [6.45, 7) is 1.75.